The van der Waals surface area contributed by atoms with Crippen LogP contribution in [-0.2, 0) is 0 Å². The molecule has 0 spiro atoms. The van der Waals surface area contributed by atoms with E-state index in [9.17, 15) is 0 Å². The minimum Gasteiger partial charge on any atom is -0.303 e. The summed E-state index contributed by atoms with van der Waals surface area (Å²) in [5.74, 6) is 1.40. The zero-order chi connectivity index (χ0) is 8.97. The summed E-state index contributed by atoms with van der Waals surface area (Å²) in [4.78, 5) is 2.48. The van der Waals surface area contributed by atoms with Crippen molar-refractivity contribution in [2.45, 2.75) is 26.7 Å². The second kappa shape index (κ2) is 4.47. The van der Waals surface area contributed by atoms with Crippen LogP contribution in [0.5, 0.6) is 0 Å². The molecule has 0 radical (unpaired) electrons. The summed E-state index contributed by atoms with van der Waals surface area (Å²) in [5.41, 5.74) is 0. The Balaban J connectivity index is 2.22. The van der Waals surface area contributed by atoms with Crippen LogP contribution in [0.25, 0.3) is 0 Å². The Morgan fingerprint density at radius 1 is 1.58 bits per heavy atom. The molecule has 0 amide bonds. The van der Waals surface area contributed by atoms with Gasteiger partial charge in [0, 0.05) is 19.5 Å². The molecule has 1 aliphatic heterocycles. The summed E-state index contributed by atoms with van der Waals surface area (Å²) in [5, 5.41) is 8.53. The fourth-order valence-electron chi connectivity index (χ4n) is 1.89. The van der Waals surface area contributed by atoms with Crippen LogP contribution in [0.4, 0.5) is 0 Å². The van der Waals surface area contributed by atoms with Gasteiger partial charge in [0.25, 0.3) is 0 Å². The summed E-state index contributed by atoms with van der Waals surface area (Å²) < 4.78 is 0. The maximum atomic E-state index is 8.53. The molecule has 0 aromatic carbocycles. The molecule has 68 valence electrons. The van der Waals surface area contributed by atoms with Crippen LogP contribution in [0, 0.1) is 23.2 Å². The molecule has 1 atom stereocenters. The Kier molecular flexibility index (Phi) is 3.55. The van der Waals surface area contributed by atoms with Crippen molar-refractivity contribution in [2.24, 2.45) is 11.8 Å². The Morgan fingerprint density at radius 2 is 2.33 bits per heavy atom. The van der Waals surface area contributed by atoms with Gasteiger partial charge in [0.1, 0.15) is 0 Å². The van der Waals surface area contributed by atoms with Crippen molar-refractivity contribution < 1.29 is 0 Å². The summed E-state index contributed by atoms with van der Waals surface area (Å²) in [6.45, 7) is 8.04. The molecule has 0 saturated carbocycles. The van der Waals surface area contributed by atoms with E-state index >= 15 is 0 Å². The SMILES string of the molecule is CC(C)CN1CCC(CC#N)C1. The van der Waals surface area contributed by atoms with Crippen molar-refractivity contribution in [3.63, 3.8) is 0 Å². The molecule has 1 aliphatic rings. The Morgan fingerprint density at radius 3 is 2.92 bits per heavy atom. The van der Waals surface area contributed by atoms with Gasteiger partial charge in [-0.05, 0) is 24.8 Å². The fourth-order valence-corrected chi connectivity index (χ4v) is 1.89. The predicted octanol–water partition coefficient (Wildman–Crippen LogP) is 1.88. The molecule has 0 aromatic rings. The first-order valence-electron chi connectivity index (χ1n) is 4.81. The van der Waals surface area contributed by atoms with Gasteiger partial charge in [0.05, 0.1) is 6.07 Å². The van der Waals surface area contributed by atoms with Crippen LogP contribution < -0.4 is 0 Å². The highest BCUT2D eigenvalue weighted by Crippen LogP contribution is 2.19. The predicted molar refractivity (Wildman–Crippen MR) is 49.6 cm³/mol. The summed E-state index contributed by atoms with van der Waals surface area (Å²) in [6.07, 6.45) is 1.97. The Hall–Kier alpha value is -0.550. The van der Waals surface area contributed by atoms with Crippen LogP contribution in [0.3, 0.4) is 0 Å². The van der Waals surface area contributed by atoms with Gasteiger partial charge in [-0.3, -0.25) is 0 Å². The molecule has 1 rings (SSSR count). The van der Waals surface area contributed by atoms with E-state index in [4.69, 9.17) is 5.26 Å². The molecule has 1 fully saturated rings. The highest BCUT2D eigenvalue weighted by atomic mass is 15.1. The van der Waals surface area contributed by atoms with Crippen LogP contribution >= 0.6 is 0 Å². The van der Waals surface area contributed by atoms with Crippen molar-refractivity contribution in [1.82, 2.24) is 4.90 Å². The minimum absolute atomic E-state index is 0.647. The monoisotopic (exact) mass is 166 g/mol. The molecular formula is C10H18N2. The lowest BCUT2D eigenvalue weighted by Crippen LogP contribution is -2.25. The van der Waals surface area contributed by atoms with E-state index in [2.05, 4.69) is 24.8 Å². The smallest absolute Gasteiger partial charge is 0.0625 e. The van der Waals surface area contributed by atoms with Gasteiger partial charge in [-0.1, -0.05) is 13.8 Å². The molecule has 0 N–H and O–H groups in total. The van der Waals surface area contributed by atoms with Crippen LogP contribution in [-0.4, -0.2) is 24.5 Å². The van der Waals surface area contributed by atoms with E-state index in [0.29, 0.717) is 5.92 Å². The first-order chi connectivity index (χ1) is 5.72. The lowest BCUT2D eigenvalue weighted by Gasteiger charge is -2.17. The third-order valence-corrected chi connectivity index (χ3v) is 2.37. The number of hydrogen-bond acceptors (Lipinski definition) is 2. The average molecular weight is 166 g/mol. The number of rotatable bonds is 3. The molecule has 12 heavy (non-hydrogen) atoms. The maximum absolute atomic E-state index is 8.53. The largest absolute Gasteiger partial charge is 0.303 e. The Labute approximate surface area is 75.2 Å². The molecule has 1 unspecified atom stereocenters. The van der Waals surface area contributed by atoms with Crippen molar-refractivity contribution in [3.8, 4) is 6.07 Å². The molecular weight excluding hydrogens is 148 g/mol. The minimum atomic E-state index is 0.647. The number of nitriles is 1. The third-order valence-electron chi connectivity index (χ3n) is 2.37. The van der Waals surface area contributed by atoms with E-state index < -0.39 is 0 Å². The van der Waals surface area contributed by atoms with Crippen LogP contribution in [0.2, 0.25) is 0 Å². The van der Waals surface area contributed by atoms with Gasteiger partial charge in [-0.25, -0.2) is 0 Å². The van der Waals surface area contributed by atoms with E-state index in [-0.39, 0.29) is 0 Å². The number of hydrogen-bond donors (Lipinski definition) is 0. The van der Waals surface area contributed by atoms with Crippen LogP contribution in [0.1, 0.15) is 26.7 Å². The molecule has 2 heteroatoms. The summed E-state index contributed by atoms with van der Waals surface area (Å²) in [6, 6.07) is 2.26. The van der Waals surface area contributed by atoms with Gasteiger partial charge in [0.15, 0.2) is 0 Å². The molecule has 1 heterocycles. The van der Waals surface area contributed by atoms with Crippen molar-refractivity contribution in [2.75, 3.05) is 19.6 Å². The molecule has 0 aromatic heterocycles. The lowest BCUT2D eigenvalue weighted by atomic mass is 10.1. The van der Waals surface area contributed by atoms with Gasteiger partial charge in [0.2, 0.25) is 0 Å². The second-order valence-corrected chi connectivity index (χ2v) is 4.17. The number of nitrogens with zero attached hydrogens (tertiary/aromatic N) is 2. The quantitative estimate of drug-likeness (QED) is 0.640. The lowest BCUT2D eigenvalue weighted by molar-refractivity contribution is 0.288. The van der Waals surface area contributed by atoms with Crippen molar-refractivity contribution in [1.29, 1.82) is 5.26 Å². The molecule has 1 saturated heterocycles. The zero-order valence-electron chi connectivity index (χ0n) is 8.08. The third kappa shape index (κ3) is 2.83. The topological polar surface area (TPSA) is 27.0 Å². The van der Waals surface area contributed by atoms with Gasteiger partial charge >= 0.3 is 0 Å². The van der Waals surface area contributed by atoms with Crippen molar-refractivity contribution >= 4 is 0 Å². The maximum Gasteiger partial charge on any atom is 0.0625 e. The first kappa shape index (κ1) is 9.54. The highest BCUT2D eigenvalue weighted by molar-refractivity contribution is 4.83. The standard InChI is InChI=1S/C10H18N2/c1-9(2)7-12-6-4-10(8-12)3-5-11/h9-10H,3-4,6-8H2,1-2H3. The average Bonchev–Trinajstić information content (AvgIpc) is 2.36. The normalized spacial score (nSPS) is 24.7. The number of likely N-dealkylation sites (tertiary alicyclic amines) is 1. The van der Waals surface area contributed by atoms with Crippen LogP contribution in [0.15, 0.2) is 0 Å². The molecule has 0 aliphatic carbocycles. The Bertz CT molecular complexity index is 169. The van der Waals surface area contributed by atoms with E-state index in [0.717, 1.165) is 18.9 Å². The molecule has 0 bridgehead atoms. The fraction of sp³-hybridized carbons (Fsp3) is 0.900. The van der Waals surface area contributed by atoms with Gasteiger partial charge in [-0.2, -0.15) is 5.26 Å². The highest BCUT2D eigenvalue weighted by Gasteiger charge is 2.21. The second-order valence-electron chi connectivity index (χ2n) is 4.17. The van der Waals surface area contributed by atoms with Gasteiger partial charge in [-0.15, -0.1) is 0 Å². The van der Waals surface area contributed by atoms with E-state index in [1.54, 1.807) is 0 Å². The summed E-state index contributed by atoms with van der Waals surface area (Å²) in [7, 11) is 0. The first-order valence-corrected chi connectivity index (χ1v) is 4.81. The zero-order valence-corrected chi connectivity index (χ0v) is 8.08. The van der Waals surface area contributed by atoms with Gasteiger partial charge < -0.3 is 4.90 Å². The van der Waals surface area contributed by atoms with E-state index in [1.165, 1.54) is 19.5 Å². The van der Waals surface area contributed by atoms with E-state index in [1.807, 2.05) is 0 Å². The molecule has 2 nitrogen and oxygen atoms in total. The van der Waals surface area contributed by atoms with Crippen molar-refractivity contribution in [3.05, 3.63) is 0 Å². The summed E-state index contributed by atoms with van der Waals surface area (Å²) >= 11 is 0.